The van der Waals surface area contributed by atoms with E-state index in [-0.39, 0.29) is 17.8 Å². The van der Waals surface area contributed by atoms with Gasteiger partial charge in [-0.3, -0.25) is 9.59 Å². The zero-order chi connectivity index (χ0) is 11.4. The van der Waals surface area contributed by atoms with Gasteiger partial charge in [0.2, 0.25) is 5.91 Å². The lowest BCUT2D eigenvalue weighted by atomic mass is 10.00. The molecule has 0 aliphatic heterocycles. The van der Waals surface area contributed by atoms with Gasteiger partial charge in [0, 0.05) is 12.0 Å². The van der Waals surface area contributed by atoms with Crippen LogP contribution in [0.25, 0.3) is 0 Å². The highest BCUT2D eigenvalue weighted by atomic mass is 19.1. The number of carbonyl (C=O) groups excluding carboxylic acids is 2. The van der Waals surface area contributed by atoms with E-state index < -0.39 is 12.6 Å². The maximum absolute atomic E-state index is 12.4. The number of alkyl halides is 1. The lowest BCUT2D eigenvalue weighted by Crippen LogP contribution is -2.15. The molecule has 0 aliphatic carbocycles. The van der Waals surface area contributed by atoms with Gasteiger partial charge in [0.1, 0.15) is 12.5 Å². The van der Waals surface area contributed by atoms with Crippen molar-refractivity contribution in [3.8, 4) is 0 Å². The first-order valence-corrected chi connectivity index (χ1v) is 4.51. The molecule has 0 bridgehead atoms. The van der Waals surface area contributed by atoms with Gasteiger partial charge in [-0.2, -0.15) is 0 Å². The summed E-state index contributed by atoms with van der Waals surface area (Å²) in [5.74, 6) is -0.690. The molecule has 1 amide bonds. The van der Waals surface area contributed by atoms with E-state index in [0.717, 1.165) is 0 Å². The van der Waals surface area contributed by atoms with Crippen molar-refractivity contribution >= 4 is 11.7 Å². The fourth-order valence-corrected chi connectivity index (χ4v) is 1.39. The molecule has 0 aliphatic rings. The number of ketones is 1. The molecule has 4 heteroatoms. The number of halogens is 1. The Bertz CT molecular complexity index is 402. The first kappa shape index (κ1) is 11.4. The number of hydrogen-bond donors (Lipinski definition) is 1. The Balaban J connectivity index is 3.16. The minimum Gasteiger partial charge on any atom is -0.366 e. The monoisotopic (exact) mass is 209 g/mol. The molecule has 2 N–H and O–H groups in total. The topological polar surface area (TPSA) is 60.2 Å². The lowest BCUT2D eigenvalue weighted by molar-refractivity contribution is -0.116. The van der Waals surface area contributed by atoms with Crippen LogP contribution in [-0.4, -0.2) is 11.7 Å². The smallest absolute Gasteiger partial charge is 0.248 e. The predicted octanol–water partition coefficient (Wildman–Crippen LogP) is 1.39. The summed E-state index contributed by atoms with van der Waals surface area (Å²) in [6, 6.07) is 4.45. The third-order valence-electron chi connectivity index (χ3n) is 2.03. The predicted molar refractivity (Wildman–Crippen MR) is 54.2 cm³/mol. The minimum absolute atomic E-state index is 0.0893. The Labute approximate surface area is 87.1 Å². The van der Waals surface area contributed by atoms with Crippen molar-refractivity contribution < 1.29 is 14.0 Å². The van der Waals surface area contributed by atoms with Crippen LogP contribution < -0.4 is 5.73 Å². The molecule has 0 aromatic heterocycles. The van der Waals surface area contributed by atoms with Crippen LogP contribution in [0.15, 0.2) is 18.2 Å². The van der Waals surface area contributed by atoms with Crippen molar-refractivity contribution in [1.82, 2.24) is 0 Å². The van der Waals surface area contributed by atoms with Gasteiger partial charge in [0.25, 0.3) is 0 Å². The third kappa shape index (κ3) is 2.87. The quantitative estimate of drug-likeness (QED) is 0.814. The summed E-state index contributed by atoms with van der Waals surface area (Å²) >= 11 is 0. The van der Waals surface area contributed by atoms with Crippen molar-refractivity contribution in [2.45, 2.75) is 20.0 Å². The number of rotatable bonds is 4. The van der Waals surface area contributed by atoms with Gasteiger partial charge in [-0.15, -0.1) is 0 Å². The number of amides is 1. The van der Waals surface area contributed by atoms with Crippen LogP contribution >= 0.6 is 0 Å². The van der Waals surface area contributed by atoms with Crippen molar-refractivity contribution in [1.29, 1.82) is 0 Å². The number of nitrogens with two attached hydrogens (primary N) is 1. The van der Waals surface area contributed by atoms with Gasteiger partial charge in [0.05, 0.1) is 0 Å². The largest absolute Gasteiger partial charge is 0.366 e. The minimum atomic E-state index is -0.621. The van der Waals surface area contributed by atoms with Gasteiger partial charge in [0.15, 0.2) is 0 Å². The van der Waals surface area contributed by atoms with Crippen molar-refractivity contribution in [2.75, 3.05) is 0 Å². The summed E-state index contributed by atoms with van der Waals surface area (Å²) in [5, 5.41) is 0. The normalized spacial score (nSPS) is 10.0. The molecule has 0 unspecified atom stereocenters. The van der Waals surface area contributed by atoms with Crippen LogP contribution in [0.2, 0.25) is 0 Å². The average Bonchev–Trinajstić information content (AvgIpc) is 2.16. The maximum Gasteiger partial charge on any atom is 0.248 e. The van der Waals surface area contributed by atoms with E-state index in [1.807, 2.05) is 0 Å². The molecule has 80 valence electrons. The number of carbonyl (C=O) groups is 2. The summed E-state index contributed by atoms with van der Waals surface area (Å²) < 4.78 is 12.4. The molecule has 0 heterocycles. The van der Waals surface area contributed by atoms with Gasteiger partial charge in [-0.25, -0.2) is 4.39 Å². The third-order valence-corrected chi connectivity index (χ3v) is 2.03. The Morgan fingerprint density at radius 3 is 2.53 bits per heavy atom. The average molecular weight is 209 g/mol. The Morgan fingerprint density at radius 1 is 1.40 bits per heavy atom. The maximum atomic E-state index is 12.4. The zero-order valence-electron chi connectivity index (χ0n) is 8.42. The highest BCUT2D eigenvalue weighted by molar-refractivity contribution is 5.95. The summed E-state index contributed by atoms with van der Waals surface area (Å²) in [6.45, 7) is 0.789. The number of Topliss-reactive ketones (excluding diaryl/α,β-unsaturated/α-hetero) is 1. The van der Waals surface area contributed by atoms with E-state index >= 15 is 0 Å². The molecule has 3 nitrogen and oxygen atoms in total. The SMILES string of the molecule is CC(=O)Cc1cc(CF)ccc1C(N)=O. The summed E-state index contributed by atoms with van der Waals surface area (Å²) in [4.78, 5) is 22.0. The molecule has 0 fully saturated rings. The molecular weight excluding hydrogens is 197 g/mol. The molecule has 1 aromatic carbocycles. The van der Waals surface area contributed by atoms with E-state index in [9.17, 15) is 14.0 Å². The summed E-state index contributed by atoms with van der Waals surface area (Å²) in [6.07, 6.45) is 0.103. The van der Waals surface area contributed by atoms with Crippen molar-refractivity contribution in [2.24, 2.45) is 5.73 Å². The van der Waals surface area contributed by atoms with E-state index in [1.54, 1.807) is 0 Å². The molecule has 0 saturated heterocycles. The van der Waals surface area contributed by atoms with Gasteiger partial charge < -0.3 is 5.73 Å². The Morgan fingerprint density at radius 2 is 2.07 bits per heavy atom. The molecule has 0 atom stereocenters. The van der Waals surface area contributed by atoms with Gasteiger partial charge in [-0.05, 0) is 24.1 Å². The first-order chi connectivity index (χ1) is 7.04. The van der Waals surface area contributed by atoms with Crippen molar-refractivity contribution in [3.05, 3.63) is 34.9 Å². The van der Waals surface area contributed by atoms with Crippen LogP contribution in [0.1, 0.15) is 28.4 Å². The zero-order valence-corrected chi connectivity index (χ0v) is 8.42. The van der Waals surface area contributed by atoms with E-state index in [0.29, 0.717) is 11.1 Å². The molecule has 0 spiro atoms. The van der Waals surface area contributed by atoms with Gasteiger partial charge >= 0.3 is 0 Å². The summed E-state index contributed by atoms with van der Waals surface area (Å²) in [5.41, 5.74) is 6.35. The molecule has 0 saturated carbocycles. The van der Waals surface area contributed by atoms with Gasteiger partial charge in [-0.1, -0.05) is 12.1 Å². The van der Waals surface area contributed by atoms with E-state index in [1.165, 1.54) is 25.1 Å². The molecule has 1 aromatic rings. The highest BCUT2D eigenvalue weighted by Gasteiger charge is 2.10. The number of hydrogen-bond acceptors (Lipinski definition) is 2. The van der Waals surface area contributed by atoms with Crippen molar-refractivity contribution in [3.63, 3.8) is 0 Å². The van der Waals surface area contributed by atoms with Crippen LogP contribution in [0.3, 0.4) is 0 Å². The summed E-state index contributed by atoms with van der Waals surface area (Å²) in [7, 11) is 0. The number of benzene rings is 1. The van der Waals surface area contributed by atoms with Crippen LogP contribution in [0, 0.1) is 0 Å². The standard InChI is InChI=1S/C11H12FNO2/c1-7(14)4-9-5-8(6-12)2-3-10(9)11(13)15/h2-3,5H,4,6H2,1H3,(H2,13,15). The Hall–Kier alpha value is -1.71. The second-order valence-electron chi connectivity index (χ2n) is 3.37. The molecular formula is C11H12FNO2. The fourth-order valence-electron chi connectivity index (χ4n) is 1.39. The molecule has 15 heavy (non-hydrogen) atoms. The van der Waals surface area contributed by atoms with Crippen LogP contribution in [0.4, 0.5) is 4.39 Å². The lowest BCUT2D eigenvalue weighted by Gasteiger charge is -2.06. The Kier molecular flexibility index (Phi) is 3.55. The molecule has 1 rings (SSSR count). The first-order valence-electron chi connectivity index (χ1n) is 4.51. The van der Waals surface area contributed by atoms with E-state index in [2.05, 4.69) is 0 Å². The van der Waals surface area contributed by atoms with Crippen LogP contribution in [-0.2, 0) is 17.9 Å². The second kappa shape index (κ2) is 4.68. The van der Waals surface area contributed by atoms with E-state index in [4.69, 9.17) is 5.73 Å². The fraction of sp³-hybridized carbons (Fsp3) is 0.273. The highest BCUT2D eigenvalue weighted by Crippen LogP contribution is 2.14. The van der Waals surface area contributed by atoms with Crippen LogP contribution in [0.5, 0.6) is 0 Å². The second-order valence-corrected chi connectivity index (χ2v) is 3.37. The number of primary amides is 1. The molecule has 0 radical (unpaired) electrons.